The summed E-state index contributed by atoms with van der Waals surface area (Å²) in [5, 5.41) is 0.499. The Morgan fingerprint density at radius 1 is 1.09 bits per heavy atom. The molecule has 0 amide bonds. The van der Waals surface area contributed by atoms with Crippen LogP contribution in [-0.4, -0.2) is 5.97 Å². The zero-order chi connectivity index (χ0) is 16.2. The smallest absolute Gasteiger partial charge is 0.416 e. The van der Waals surface area contributed by atoms with Crippen LogP contribution in [0.25, 0.3) is 6.08 Å². The average Bonchev–Trinajstić information content (AvgIpc) is 2.47. The Hall–Kier alpha value is -2.27. The van der Waals surface area contributed by atoms with Crippen molar-refractivity contribution in [2.75, 3.05) is 0 Å². The van der Waals surface area contributed by atoms with Crippen molar-refractivity contribution in [2.45, 2.75) is 6.18 Å². The van der Waals surface area contributed by atoms with Crippen LogP contribution in [0.15, 0.2) is 54.6 Å². The second-order valence-electron chi connectivity index (χ2n) is 4.33. The molecule has 2 aromatic rings. The molecular weight excluding hydrogens is 317 g/mol. The van der Waals surface area contributed by atoms with Gasteiger partial charge in [-0.15, -0.1) is 0 Å². The summed E-state index contributed by atoms with van der Waals surface area (Å²) in [6.07, 6.45) is -2.11. The standard InChI is InChI=1S/C16H10ClF3O2/c17-13-5-7-14(8-6-13)22-15(21)9-4-11-2-1-3-12(10-11)16(18,19)20/h1-10H/b9-4+. The van der Waals surface area contributed by atoms with Crippen molar-refractivity contribution >= 4 is 23.6 Å². The molecule has 2 nitrogen and oxygen atoms in total. The summed E-state index contributed by atoms with van der Waals surface area (Å²) in [4.78, 5) is 11.6. The molecule has 2 aromatic carbocycles. The summed E-state index contributed by atoms with van der Waals surface area (Å²) < 4.78 is 42.7. The molecule has 0 heterocycles. The molecule has 0 saturated heterocycles. The fourth-order valence-corrected chi connectivity index (χ4v) is 1.76. The Labute approximate surface area is 129 Å². The lowest BCUT2D eigenvalue weighted by Gasteiger charge is -2.06. The van der Waals surface area contributed by atoms with Gasteiger partial charge in [-0.25, -0.2) is 4.79 Å². The van der Waals surface area contributed by atoms with E-state index in [0.717, 1.165) is 18.2 Å². The van der Waals surface area contributed by atoms with Crippen LogP contribution in [0.5, 0.6) is 5.75 Å². The van der Waals surface area contributed by atoms with E-state index in [4.69, 9.17) is 16.3 Å². The van der Waals surface area contributed by atoms with Gasteiger partial charge in [-0.3, -0.25) is 0 Å². The minimum absolute atomic E-state index is 0.253. The van der Waals surface area contributed by atoms with Crippen LogP contribution in [0.1, 0.15) is 11.1 Å². The average molecular weight is 327 g/mol. The number of ether oxygens (including phenoxy) is 1. The molecule has 2 rings (SSSR count). The summed E-state index contributed by atoms with van der Waals surface area (Å²) in [6, 6.07) is 10.8. The van der Waals surface area contributed by atoms with Crippen LogP contribution in [-0.2, 0) is 11.0 Å². The van der Waals surface area contributed by atoms with Crippen LogP contribution < -0.4 is 4.74 Å². The van der Waals surface area contributed by atoms with Gasteiger partial charge in [0.25, 0.3) is 0 Å². The molecule has 0 radical (unpaired) electrons. The third kappa shape index (κ3) is 4.63. The SMILES string of the molecule is O=C(/C=C/c1cccc(C(F)(F)F)c1)Oc1ccc(Cl)cc1. The second-order valence-corrected chi connectivity index (χ2v) is 4.77. The molecular formula is C16H10ClF3O2. The second kappa shape index (κ2) is 6.66. The number of alkyl halides is 3. The van der Waals surface area contributed by atoms with E-state index >= 15 is 0 Å². The Balaban J connectivity index is 2.05. The largest absolute Gasteiger partial charge is 0.423 e. The van der Waals surface area contributed by atoms with Gasteiger partial charge in [-0.2, -0.15) is 13.2 Å². The highest BCUT2D eigenvalue weighted by Gasteiger charge is 2.30. The molecule has 0 atom stereocenters. The van der Waals surface area contributed by atoms with E-state index in [9.17, 15) is 18.0 Å². The number of esters is 1. The van der Waals surface area contributed by atoms with E-state index in [-0.39, 0.29) is 5.56 Å². The third-order valence-electron chi connectivity index (χ3n) is 2.66. The highest BCUT2D eigenvalue weighted by atomic mass is 35.5. The van der Waals surface area contributed by atoms with Gasteiger partial charge >= 0.3 is 12.1 Å². The minimum Gasteiger partial charge on any atom is -0.423 e. The number of carbonyl (C=O) groups is 1. The number of rotatable bonds is 3. The first kappa shape index (κ1) is 16.1. The first-order valence-electron chi connectivity index (χ1n) is 6.17. The molecule has 0 aliphatic carbocycles. The van der Waals surface area contributed by atoms with Gasteiger partial charge in [0.05, 0.1) is 5.56 Å². The lowest BCUT2D eigenvalue weighted by Crippen LogP contribution is -2.05. The van der Waals surface area contributed by atoms with Crippen molar-refractivity contribution in [2.24, 2.45) is 0 Å². The monoisotopic (exact) mass is 326 g/mol. The van der Waals surface area contributed by atoms with Gasteiger partial charge in [0.15, 0.2) is 0 Å². The molecule has 0 bridgehead atoms. The Morgan fingerprint density at radius 2 is 1.77 bits per heavy atom. The zero-order valence-corrected chi connectivity index (χ0v) is 11.9. The lowest BCUT2D eigenvalue weighted by atomic mass is 10.1. The fraction of sp³-hybridized carbons (Fsp3) is 0.0625. The molecule has 0 spiro atoms. The molecule has 0 aliphatic rings. The van der Waals surface area contributed by atoms with E-state index in [1.54, 1.807) is 12.1 Å². The molecule has 22 heavy (non-hydrogen) atoms. The number of hydrogen-bond donors (Lipinski definition) is 0. The van der Waals surface area contributed by atoms with Gasteiger partial charge in [0.1, 0.15) is 5.75 Å². The molecule has 0 aromatic heterocycles. The van der Waals surface area contributed by atoms with Gasteiger partial charge in [-0.05, 0) is 48.0 Å². The summed E-state index contributed by atoms with van der Waals surface area (Å²) in [6.45, 7) is 0. The first-order chi connectivity index (χ1) is 10.3. The normalized spacial score (nSPS) is 11.6. The highest BCUT2D eigenvalue weighted by Crippen LogP contribution is 2.29. The third-order valence-corrected chi connectivity index (χ3v) is 2.91. The maximum Gasteiger partial charge on any atom is 0.416 e. The van der Waals surface area contributed by atoms with Crippen LogP contribution in [0, 0.1) is 0 Å². The molecule has 0 unspecified atom stereocenters. The summed E-state index contributed by atoms with van der Waals surface area (Å²) in [5.74, 6) is -0.400. The van der Waals surface area contributed by atoms with E-state index < -0.39 is 17.7 Å². The van der Waals surface area contributed by atoms with Crippen molar-refractivity contribution in [3.8, 4) is 5.75 Å². The number of hydrogen-bond acceptors (Lipinski definition) is 2. The molecule has 0 fully saturated rings. The first-order valence-corrected chi connectivity index (χ1v) is 6.55. The maximum absolute atomic E-state index is 12.6. The Morgan fingerprint density at radius 3 is 2.41 bits per heavy atom. The predicted molar refractivity (Wildman–Crippen MR) is 77.6 cm³/mol. The van der Waals surface area contributed by atoms with Crippen LogP contribution in [0.4, 0.5) is 13.2 Å². The Bertz CT molecular complexity index is 691. The molecule has 0 N–H and O–H groups in total. The van der Waals surface area contributed by atoms with Crippen LogP contribution >= 0.6 is 11.6 Å². The molecule has 114 valence electrons. The lowest BCUT2D eigenvalue weighted by molar-refractivity contribution is -0.137. The van der Waals surface area contributed by atoms with E-state index in [2.05, 4.69) is 0 Å². The fourth-order valence-electron chi connectivity index (χ4n) is 1.64. The van der Waals surface area contributed by atoms with Gasteiger partial charge in [-0.1, -0.05) is 23.7 Å². The van der Waals surface area contributed by atoms with E-state index in [1.807, 2.05) is 0 Å². The van der Waals surface area contributed by atoms with Gasteiger partial charge < -0.3 is 4.74 Å². The van der Waals surface area contributed by atoms with Crippen molar-refractivity contribution in [1.82, 2.24) is 0 Å². The summed E-state index contributed by atoms with van der Waals surface area (Å²) >= 11 is 5.69. The van der Waals surface area contributed by atoms with Crippen molar-refractivity contribution < 1.29 is 22.7 Å². The molecule has 0 saturated carbocycles. The summed E-state index contributed by atoms with van der Waals surface area (Å²) in [5.41, 5.74) is -0.524. The van der Waals surface area contributed by atoms with Gasteiger partial charge in [0, 0.05) is 11.1 Å². The Kier molecular flexibility index (Phi) is 4.88. The quantitative estimate of drug-likeness (QED) is 0.452. The van der Waals surface area contributed by atoms with Crippen LogP contribution in [0.2, 0.25) is 5.02 Å². The molecule has 0 aliphatic heterocycles. The molecule has 6 heteroatoms. The number of benzene rings is 2. The zero-order valence-electron chi connectivity index (χ0n) is 11.1. The predicted octanol–water partition coefficient (Wildman–Crippen LogP) is 4.98. The van der Waals surface area contributed by atoms with Gasteiger partial charge in [0.2, 0.25) is 0 Å². The summed E-state index contributed by atoms with van der Waals surface area (Å²) in [7, 11) is 0. The van der Waals surface area contributed by atoms with Crippen molar-refractivity contribution in [1.29, 1.82) is 0 Å². The van der Waals surface area contributed by atoms with Crippen LogP contribution in [0.3, 0.4) is 0 Å². The minimum atomic E-state index is -4.42. The highest BCUT2D eigenvalue weighted by molar-refractivity contribution is 6.30. The van der Waals surface area contributed by atoms with E-state index in [0.29, 0.717) is 10.8 Å². The number of halogens is 4. The van der Waals surface area contributed by atoms with Crippen molar-refractivity contribution in [3.05, 3.63) is 70.8 Å². The number of carbonyl (C=O) groups excluding carboxylic acids is 1. The van der Waals surface area contributed by atoms with Crippen molar-refractivity contribution in [3.63, 3.8) is 0 Å². The van der Waals surface area contributed by atoms with E-state index in [1.165, 1.54) is 30.3 Å². The topological polar surface area (TPSA) is 26.3 Å². The maximum atomic E-state index is 12.6.